The minimum atomic E-state index is -0.569. The predicted molar refractivity (Wildman–Crippen MR) is 91.4 cm³/mol. The minimum absolute atomic E-state index is 0.0159. The highest BCUT2D eigenvalue weighted by atomic mass is 16.3. The van der Waals surface area contributed by atoms with Gasteiger partial charge in [-0.15, -0.1) is 0 Å². The largest absolute Gasteiger partial charge is 0.507 e. The molecular formula is C20H28O4. The first-order valence-electron chi connectivity index (χ1n) is 8.95. The number of fused-ring (bicyclic) bond motifs is 2. The summed E-state index contributed by atoms with van der Waals surface area (Å²) in [7, 11) is 0. The third-order valence-electron chi connectivity index (χ3n) is 6.49. The van der Waals surface area contributed by atoms with Crippen LogP contribution in [0.2, 0.25) is 0 Å². The van der Waals surface area contributed by atoms with Crippen molar-refractivity contribution in [2.75, 3.05) is 0 Å². The second kappa shape index (κ2) is 5.29. The maximum Gasteiger partial charge on any atom is 0.233 e. The van der Waals surface area contributed by atoms with E-state index >= 15 is 0 Å². The molecule has 0 aromatic rings. The van der Waals surface area contributed by atoms with E-state index in [0.29, 0.717) is 30.4 Å². The number of allylic oxidation sites excluding steroid dienone is 3. The van der Waals surface area contributed by atoms with Gasteiger partial charge in [-0.05, 0) is 42.9 Å². The van der Waals surface area contributed by atoms with E-state index in [1.54, 1.807) is 0 Å². The molecule has 0 saturated heterocycles. The lowest BCUT2D eigenvalue weighted by molar-refractivity contribution is -0.135. The molecule has 3 atom stereocenters. The van der Waals surface area contributed by atoms with Crippen LogP contribution < -0.4 is 0 Å². The number of rotatable bonds is 1. The maximum absolute atomic E-state index is 13.0. The molecule has 1 saturated carbocycles. The fourth-order valence-electron chi connectivity index (χ4n) is 5.73. The number of aliphatic hydroxyl groups excluding tert-OH is 2. The lowest BCUT2D eigenvalue weighted by Gasteiger charge is -2.56. The van der Waals surface area contributed by atoms with Crippen LogP contribution in [0.15, 0.2) is 22.5 Å². The van der Waals surface area contributed by atoms with Crippen molar-refractivity contribution in [1.29, 1.82) is 0 Å². The zero-order valence-electron chi connectivity index (χ0n) is 15.3. The van der Waals surface area contributed by atoms with Crippen LogP contribution in [-0.4, -0.2) is 27.9 Å². The van der Waals surface area contributed by atoms with Crippen molar-refractivity contribution in [2.24, 2.45) is 22.7 Å². The lowest BCUT2D eigenvalue weighted by Crippen LogP contribution is -2.53. The normalized spacial score (nSPS) is 36.1. The number of hydrogen-bond donors (Lipinski definition) is 2. The number of carbonyl (C=O) groups excluding carboxylic acids is 2. The predicted octanol–water partition coefficient (Wildman–Crippen LogP) is 3.50. The van der Waals surface area contributed by atoms with Crippen molar-refractivity contribution in [3.63, 3.8) is 0 Å². The topological polar surface area (TPSA) is 74.6 Å². The highest BCUT2D eigenvalue weighted by molar-refractivity contribution is 6.50. The van der Waals surface area contributed by atoms with E-state index in [0.717, 1.165) is 6.42 Å². The van der Waals surface area contributed by atoms with Gasteiger partial charge >= 0.3 is 0 Å². The molecule has 4 nitrogen and oxygen atoms in total. The van der Waals surface area contributed by atoms with Crippen LogP contribution in [0.3, 0.4) is 0 Å². The number of ketones is 2. The molecule has 0 bridgehead atoms. The highest BCUT2D eigenvalue weighted by Gasteiger charge is 2.57. The van der Waals surface area contributed by atoms with Crippen molar-refractivity contribution in [3.05, 3.63) is 22.5 Å². The Balaban J connectivity index is 2.22. The summed E-state index contributed by atoms with van der Waals surface area (Å²) >= 11 is 0. The second-order valence-electron chi connectivity index (χ2n) is 8.99. The van der Waals surface area contributed by atoms with E-state index in [1.807, 2.05) is 20.8 Å². The highest BCUT2D eigenvalue weighted by Crippen LogP contribution is 2.61. The maximum atomic E-state index is 13.0. The van der Waals surface area contributed by atoms with Gasteiger partial charge in [-0.3, -0.25) is 9.59 Å². The second-order valence-corrected chi connectivity index (χ2v) is 8.99. The van der Waals surface area contributed by atoms with Gasteiger partial charge in [0.05, 0.1) is 6.10 Å². The molecule has 0 radical (unpaired) electrons. The van der Waals surface area contributed by atoms with E-state index in [4.69, 9.17) is 0 Å². The van der Waals surface area contributed by atoms with Gasteiger partial charge < -0.3 is 10.2 Å². The monoisotopic (exact) mass is 332 g/mol. The molecule has 0 unspecified atom stereocenters. The van der Waals surface area contributed by atoms with Crippen molar-refractivity contribution in [2.45, 2.75) is 66.4 Å². The summed E-state index contributed by atoms with van der Waals surface area (Å²) in [5, 5.41) is 21.1. The molecule has 24 heavy (non-hydrogen) atoms. The van der Waals surface area contributed by atoms with Gasteiger partial charge in [0, 0.05) is 22.1 Å². The molecule has 1 fully saturated rings. The third kappa shape index (κ3) is 2.22. The van der Waals surface area contributed by atoms with Crippen LogP contribution in [-0.2, 0) is 9.59 Å². The van der Waals surface area contributed by atoms with Crippen molar-refractivity contribution >= 4 is 11.6 Å². The molecular weight excluding hydrogens is 304 g/mol. The summed E-state index contributed by atoms with van der Waals surface area (Å²) in [5.41, 5.74) is 0.699. The first-order valence-corrected chi connectivity index (χ1v) is 8.95. The SMILES string of the molecule is CC(C)C1=C(O)C2=C(C(=O)C1=O)[C@@]1(C)C[C@H](O)CC(C)(C)[C@@H]1CC2. The molecule has 0 aromatic heterocycles. The zero-order chi connectivity index (χ0) is 18.0. The third-order valence-corrected chi connectivity index (χ3v) is 6.49. The van der Waals surface area contributed by atoms with Crippen LogP contribution in [0.5, 0.6) is 0 Å². The van der Waals surface area contributed by atoms with Crippen molar-refractivity contribution < 1.29 is 19.8 Å². The molecule has 3 aliphatic rings. The zero-order valence-corrected chi connectivity index (χ0v) is 15.3. The van der Waals surface area contributed by atoms with Crippen LogP contribution in [0.25, 0.3) is 0 Å². The molecule has 4 heteroatoms. The van der Waals surface area contributed by atoms with E-state index in [9.17, 15) is 19.8 Å². The Hall–Kier alpha value is -1.42. The van der Waals surface area contributed by atoms with Gasteiger partial charge in [-0.25, -0.2) is 0 Å². The van der Waals surface area contributed by atoms with Gasteiger partial charge in [0.1, 0.15) is 5.76 Å². The Morgan fingerprint density at radius 2 is 1.71 bits per heavy atom. The van der Waals surface area contributed by atoms with Gasteiger partial charge in [-0.1, -0.05) is 34.6 Å². The molecule has 0 aliphatic heterocycles. The Morgan fingerprint density at radius 1 is 1.08 bits per heavy atom. The summed E-state index contributed by atoms with van der Waals surface area (Å²) in [6, 6.07) is 0. The average Bonchev–Trinajstić information content (AvgIpc) is 2.41. The van der Waals surface area contributed by atoms with Crippen LogP contribution in [0.4, 0.5) is 0 Å². The summed E-state index contributed by atoms with van der Waals surface area (Å²) in [6.07, 6.45) is 2.18. The van der Waals surface area contributed by atoms with Crippen molar-refractivity contribution in [3.8, 4) is 0 Å². The summed E-state index contributed by atoms with van der Waals surface area (Å²) in [4.78, 5) is 25.6. The standard InChI is InChI=1S/C20H28O4/c1-10(2)14-16(22)12-6-7-13-19(3,4)8-11(21)9-20(13,5)15(12)18(24)17(14)23/h10-11,13,21-22H,6-9H2,1-5H3/t11-,13+,20+/m1/s1. The Morgan fingerprint density at radius 3 is 2.29 bits per heavy atom. The number of aliphatic hydroxyl groups is 2. The molecule has 0 heterocycles. The van der Waals surface area contributed by atoms with E-state index in [-0.39, 0.29) is 28.6 Å². The summed E-state index contributed by atoms with van der Waals surface area (Å²) in [5.74, 6) is -0.988. The van der Waals surface area contributed by atoms with Gasteiger partial charge in [0.2, 0.25) is 11.6 Å². The minimum Gasteiger partial charge on any atom is -0.507 e. The first kappa shape index (κ1) is 17.4. The fraction of sp³-hybridized carbons (Fsp3) is 0.700. The first-order chi connectivity index (χ1) is 11.0. The summed E-state index contributed by atoms with van der Waals surface area (Å²) in [6.45, 7) is 9.91. The Kier molecular flexibility index (Phi) is 3.83. The van der Waals surface area contributed by atoms with Gasteiger partial charge in [-0.2, -0.15) is 0 Å². The average molecular weight is 332 g/mol. The van der Waals surface area contributed by atoms with Crippen LogP contribution in [0.1, 0.15) is 60.3 Å². The van der Waals surface area contributed by atoms with E-state index in [2.05, 4.69) is 13.8 Å². The molecule has 0 aromatic carbocycles. The smallest absolute Gasteiger partial charge is 0.233 e. The number of hydrogen-bond acceptors (Lipinski definition) is 4. The Bertz CT molecular complexity index is 680. The molecule has 132 valence electrons. The molecule has 3 rings (SSSR count). The Labute approximate surface area is 143 Å². The number of carbonyl (C=O) groups is 2. The quantitative estimate of drug-likeness (QED) is 0.569. The van der Waals surface area contributed by atoms with Crippen molar-refractivity contribution in [1.82, 2.24) is 0 Å². The van der Waals surface area contributed by atoms with E-state index < -0.39 is 23.1 Å². The summed E-state index contributed by atoms with van der Waals surface area (Å²) < 4.78 is 0. The molecule has 2 N–H and O–H groups in total. The molecule has 3 aliphatic carbocycles. The van der Waals surface area contributed by atoms with Gasteiger partial charge in [0.15, 0.2) is 0 Å². The fourth-order valence-corrected chi connectivity index (χ4v) is 5.73. The van der Waals surface area contributed by atoms with Crippen LogP contribution >= 0.6 is 0 Å². The van der Waals surface area contributed by atoms with E-state index in [1.165, 1.54) is 0 Å². The molecule has 0 amide bonds. The van der Waals surface area contributed by atoms with Crippen LogP contribution in [0, 0.1) is 22.7 Å². The van der Waals surface area contributed by atoms with Gasteiger partial charge in [0.25, 0.3) is 0 Å². The lowest BCUT2D eigenvalue weighted by atomic mass is 9.48. The molecule has 0 spiro atoms. The number of Topliss-reactive ketones (excluding diaryl/α,β-unsaturated/α-hetero) is 2.